The number of benzene rings is 4. The summed E-state index contributed by atoms with van der Waals surface area (Å²) in [4.78, 5) is 36.1. The van der Waals surface area contributed by atoms with Crippen LogP contribution in [0.25, 0.3) is 32.3 Å². The van der Waals surface area contributed by atoms with Crippen molar-refractivity contribution < 1.29 is 24.2 Å². The Balaban J connectivity index is 1.50. The third-order valence-corrected chi connectivity index (χ3v) is 5.46. The highest BCUT2D eigenvalue weighted by Crippen LogP contribution is 2.35. The topological polar surface area (TPSA) is 105 Å². The van der Waals surface area contributed by atoms with Crippen molar-refractivity contribution in [2.24, 2.45) is 0 Å². The van der Waals surface area contributed by atoms with E-state index in [0.717, 1.165) is 32.5 Å². The Kier molecular flexibility index (Phi) is 5.80. The van der Waals surface area contributed by atoms with Crippen LogP contribution in [0.5, 0.6) is 0 Å². The van der Waals surface area contributed by atoms with Crippen LogP contribution in [0, 0.1) is 0 Å². The Bertz CT molecular complexity index is 1340. The molecule has 4 aromatic rings. The van der Waals surface area contributed by atoms with E-state index in [1.165, 1.54) is 5.39 Å². The number of hydrogen-bond donors (Lipinski definition) is 3. The summed E-state index contributed by atoms with van der Waals surface area (Å²) in [5.41, 5.74) is 0.0935. The molecule has 0 spiro atoms. The molecule has 33 heavy (non-hydrogen) atoms. The van der Waals surface area contributed by atoms with Crippen LogP contribution < -0.4 is 10.6 Å². The van der Waals surface area contributed by atoms with Crippen molar-refractivity contribution in [3.8, 4) is 0 Å². The summed E-state index contributed by atoms with van der Waals surface area (Å²) in [5.74, 6) is -1.59. The van der Waals surface area contributed by atoms with E-state index in [2.05, 4.69) is 41.0 Å². The van der Waals surface area contributed by atoms with Crippen LogP contribution in [0.15, 0.2) is 54.6 Å². The molecule has 0 heterocycles. The van der Waals surface area contributed by atoms with Crippen LogP contribution >= 0.6 is 0 Å². The predicted octanol–water partition coefficient (Wildman–Crippen LogP) is 4.22. The van der Waals surface area contributed by atoms with Gasteiger partial charge < -0.3 is 20.5 Å². The molecular formula is C26H26N2O5. The number of aliphatic carboxylic acids is 1. The number of carbonyl (C=O) groups is 3. The molecule has 0 bridgehead atoms. The van der Waals surface area contributed by atoms with E-state index < -0.39 is 23.7 Å². The Hall–Kier alpha value is -3.87. The molecule has 7 heteroatoms. The monoisotopic (exact) mass is 446 g/mol. The molecule has 0 aliphatic heterocycles. The van der Waals surface area contributed by atoms with Crippen LogP contribution in [0.4, 0.5) is 4.79 Å². The SMILES string of the molecule is CC(C)(C)OC(=O)N[C@@H](CNC(=O)Cc1ccc2ccc3cccc4ccc1c2c34)C(=O)O. The third kappa shape index (κ3) is 4.82. The summed E-state index contributed by atoms with van der Waals surface area (Å²) in [7, 11) is 0. The standard InChI is InChI=1S/C26H26N2O5/c1-26(2,3)33-25(32)28-20(24(30)31)14-27-21(29)13-18-10-9-17-8-7-15-5-4-6-16-11-12-19(18)23(17)22(15)16/h4-12,20H,13-14H2,1-3H3,(H,27,29)(H,28,32)(H,30,31)/t20-/m0/s1. The van der Waals surface area contributed by atoms with Gasteiger partial charge in [0.2, 0.25) is 5.91 Å². The molecule has 2 amide bonds. The molecule has 0 fully saturated rings. The largest absolute Gasteiger partial charge is 0.480 e. The Morgan fingerprint density at radius 1 is 0.909 bits per heavy atom. The van der Waals surface area contributed by atoms with Crippen molar-refractivity contribution in [1.82, 2.24) is 10.6 Å². The number of carboxylic acid groups (broad SMARTS) is 1. The molecule has 0 saturated heterocycles. The lowest BCUT2D eigenvalue weighted by molar-refractivity contribution is -0.139. The first-order valence-electron chi connectivity index (χ1n) is 10.8. The highest BCUT2D eigenvalue weighted by molar-refractivity contribution is 6.23. The predicted molar refractivity (Wildman–Crippen MR) is 128 cm³/mol. The van der Waals surface area contributed by atoms with Crippen molar-refractivity contribution in [2.45, 2.75) is 38.8 Å². The lowest BCUT2D eigenvalue weighted by Crippen LogP contribution is -2.49. The number of hydrogen-bond acceptors (Lipinski definition) is 4. The number of alkyl carbamates (subject to hydrolysis) is 1. The first-order valence-corrected chi connectivity index (χ1v) is 10.8. The van der Waals surface area contributed by atoms with Crippen LogP contribution in [0.1, 0.15) is 26.3 Å². The second kappa shape index (κ2) is 8.58. The van der Waals surface area contributed by atoms with Crippen LogP contribution in [-0.4, -0.2) is 41.3 Å². The molecule has 3 N–H and O–H groups in total. The molecule has 0 aromatic heterocycles. The quantitative estimate of drug-likeness (QED) is 0.385. The van der Waals surface area contributed by atoms with Gasteiger partial charge in [0.25, 0.3) is 0 Å². The average Bonchev–Trinajstić information content (AvgIpc) is 2.74. The third-order valence-electron chi connectivity index (χ3n) is 5.46. The van der Waals surface area contributed by atoms with Crippen molar-refractivity contribution >= 4 is 50.3 Å². The molecule has 170 valence electrons. The number of carbonyl (C=O) groups excluding carboxylic acids is 2. The minimum absolute atomic E-state index is 0.0902. The summed E-state index contributed by atoms with van der Waals surface area (Å²) < 4.78 is 5.10. The number of rotatable bonds is 6. The zero-order valence-corrected chi connectivity index (χ0v) is 18.8. The molecule has 0 aliphatic carbocycles. The Morgan fingerprint density at radius 3 is 2.15 bits per heavy atom. The highest BCUT2D eigenvalue weighted by Gasteiger charge is 2.24. The molecular weight excluding hydrogens is 420 g/mol. The highest BCUT2D eigenvalue weighted by atomic mass is 16.6. The molecule has 0 radical (unpaired) electrons. The van der Waals surface area contributed by atoms with E-state index in [1.54, 1.807) is 20.8 Å². The van der Waals surface area contributed by atoms with Gasteiger partial charge in [-0.1, -0.05) is 54.6 Å². The van der Waals surface area contributed by atoms with Gasteiger partial charge in [-0.05, 0) is 58.7 Å². The number of ether oxygens (including phenoxy) is 1. The summed E-state index contributed by atoms with van der Waals surface area (Å²) in [6.07, 6.45) is -0.761. The van der Waals surface area contributed by atoms with E-state index in [4.69, 9.17) is 4.74 Å². The fraction of sp³-hybridized carbons (Fsp3) is 0.269. The fourth-order valence-corrected chi connectivity index (χ4v) is 4.05. The second-order valence-corrected chi connectivity index (χ2v) is 9.10. The Labute approximate surface area is 191 Å². The van der Waals surface area contributed by atoms with Crippen molar-refractivity contribution in [3.05, 3.63) is 60.2 Å². The van der Waals surface area contributed by atoms with Gasteiger partial charge in [0.1, 0.15) is 11.6 Å². The van der Waals surface area contributed by atoms with E-state index in [0.29, 0.717) is 0 Å². The van der Waals surface area contributed by atoms with Crippen LogP contribution in [0.3, 0.4) is 0 Å². The molecule has 1 atom stereocenters. The maximum atomic E-state index is 12.7. The van der Waals surface area contributed by atoms with E-state index in [1.807, 2.05) is 24.3 Å². The van der Waals surface area contributed by atoms with Gasteiger partial charge in [-0.3, -0.25) is 4.79 Å². The molecule has 0 aliphatic rings. The van der Waals surface area contributed by atoms with Gasteiger partial charge in [0.15, 0.2) is 0 Å². The zero-order valence-electron chi connectivity index (χ0n) is 18.8. The van der Waals surface area contributed by atoms with Crippen molar-refractivity contribution in [2.75, 3.05) is 6.54 Å². The summed E-state index contributed by atoms with van der Waals surface area (Å²) in [6.45, 7) is 4.79. The summed E-state index contributed by atoms with van der Waals surface area (Å²) in [5, 5.41) is 21.0. The smallest absolute Gasteiger partial charge is 0.408 e. The van der Waals surface area contributed by atoms with Gasteiger partial charge in [-0.15, -0.1) is 0 Å². The maximum Gasteiger partial charge on any atom is 0.408 e. The van der Waals surface area contributed by atoms with Gasteiger partial charge in [0, 0.05) is 6.54 Å². The normalized spacial score (nSPS) is 12.7. The lowest BCUT2D eigenvalue weighted by Gasteiger charge is -2.22. The summed E-state index contributed by atoms with van der Waals surface area (Å²) in [6, 6.07) is 17.1. The van der Waals surface area contributed by atoms with E-state index in [-0.39, 0.29) is 18.9 Å². The van der Waals surface area contributed by atoms with Crippen molar-refractivity contribution in [3.63, 3.8) is 0 Å². The zero-order chi connectivity index (χ0) is 23.8. The van der Waals surface area contributed by atoms with Crippen molar-refractivity contribution in [1.29, 1.82) is 0 Å². The average molecular weight is 447 g/mol. The van der Waals surface area contributed by atoms with Gasteiger partial charge in [-0.2, -0.15) is 0 Å². The molecule has 0 unspecified atom stereocenters. The van der Waals surface area contributed by atoms with E-state index in [9.17, 15) is 19.5 Å². The molecule has 0 saturated carbocycles. The number of nitrogens with one attached hydrogen (secondary N) is 2. The maximum absolute atomic E-state index is 12.7. The lowest BCUT2D eigenvalue weighted by atomic mass is 9.91. The summed E-state index contributed by atoms with van der Waals surface area (Å²) >= 11 is 0. The number of amides is 2. The van der Waals surface area contributed by atoms with Gasteiger partial charge in [0.05, 0.1) is 6.42 Å². The van der Waals surface area contributed by atoms with Crippen LogP contribution in [0.2, 0.25) is 0 Å². The minimum Gasteiger partial charge on any atom is -0.480 e. The Morgan fingerprint density at radius 2 is 1.52 bits per heavy atom. The van der Waals surface area contributed by atoms with Gasteiger partial charge in [-0.25, -0.2) is 9.59 Å². The first-order chi connectivity index (χ1) is 15.6. The van der Waals surface area contributed by atoms with Crippen LogP contribution in [-0.2, 0) is 20.7 Å². The molecule has 4 aromatic carbocycles. The van der Waals surface area contributed by atoms with E-state index >= 15 is 0 Å². The van der Waals surface area contributed by atoms with Gasteiger partial charge >= 0.3 is 12.1 Å². The number of carboxylic acids is 1. The molecule has 7 nitrogen and oxygen atoms in total. The molecule has 4 rings (SSSR count). The second-order valence-electron chi connectivity index (χ2n) is 9.10. The minimum atomic E-state index is -1.30. The fourth-order valence-electron chi connectivity index (χ4n) is 4.05. The first kappa shape index (κ1) is 22.3.